The van der Waals surface area contributed by atoms with E-state index >= 15 is 0 Å². The Balaban J connectivity index is -0.000000520. The van der Waals surface area contributed by atoms with Gasteiger partial charge in [-0.15, -0.1) is 0 Å². The first-order chi connectivity index (χ1) is 13.7. The normalized spacial score (nSPS) is 9.28. The molecule has 168 valence electrons. The lowest BCUT2D eigenvalue weighted by Crippen LogP contribution is -2.11. The Morgan fingerprint density at radius 2 is 1.28 bits per heavy atom. The highest BCUT2D eigenvalue weighted by atomic mass is 19.1. The SMILES string of the molecule is CC.CC.CC(C)(C)c1ccnc(-c2ccc(F)cc2F)c1.CCC.CCCC. The lowest BCUT2D eigenvalue weighted by molar-refractivity contribution is 0.583. The Hall–Kier alpha value is -1.77. The summed E-state index contributed by atoms with van der Waals surface area (Å²) in [6, 6.07) is 7.28. The summed E-state index contributed by atoms with van der Waals surface area (Å²) >= 11 is 0. The zero-order valence-corrected chi connectivity index (χ0v) is 20.8. The number of hydrogen-bond acceptors (Lipinski definition) is 1. The maximum Gasteiger partial charge on any atom is 0.135 e. The van der Waals surface area contributed by atoms with E-state index in [1.54, 1.807) is 6.20 Å². The second-order valence-corrected chi connectivity index (χ2v) is 7.01. The Kier molecular flexibility index (Phi) is 21.5. The Labute approximate surface area is 180 Å². The van der Waals surface area contributed by atoms with Crippen LogP contribution in [0.4, 0.5) is 8.78 Å². The van der Waals surface area contributed by atoms with Crippen LogP contribution in [0.15, 0.2) is 36.5 Å². The van der Waals surface area contributed by atoms with E-state index in [-0.39, 0.29) is 5.41 Å². The first kappa shape index (κ1) is 31.9. The zero-order chi connectivity index (χ0) is 23.5. The van der Waals surface area contributed by atoms with Crippen molar-refractivity contribution in [2.75, 3.05) is 0 Å². The highest BCUT2D eigenvalue weighted by molar-refractivity contribution is 5.60. The van der Waals surface area contributed by atoms with Crippen molar-refractivity contribution in [1.82, 2.24) is 4.98 Å². The van der Waals surface area contributed by atoms with Crippen LogP contribution in [-0.2, 0) is 5.41 Å². The molecule has 2 aromatic rings. The molecule has 0 amide bonds. The van der Waals surface area contributed by atoms with E-state index in [0.29, 0.717) is 11.3 Å². The number of benzene rings is 1. The molecule has 0 saturated heterocycles. The molecule has 0 radical (unpaired) electrons. The summed E-state index contributed by atoms with van der Waals surface area (Å²) in [5.41, 5.74) is 1.88. The molecule has 1 heterocycles. The monoisotopic (exact) mass is 409 g/mol. The number of hydrogen-bond donors (Lipinski definition) is 0. The highest BCUT2D eigenvalue weighted by Crippen LogP contribution is 2.27. The molecule has 3 heteroatoms. The van der Waals surface area contributed by atoms with Crippen LogP contribution < -0.4 is 0 Å². The fourth-order valence-corrected chi connectivity index (χ4v) is 1.74. The Morgan fingerprint density at radius 3 is 1.66 bits per heavy atom. The van der Waals surface area contributed by atoms with Crippen LogP contribution >= 0.6 is 0 Å². The van der Waals surface area contributed by atoms with Crippen LogP contribution in [0, 0.1) is 11.6 Å². The summed E-state index contributed by atoms with van der Waals surface area (Å²) in [5.74, 6) is -1.17. The molecule has 0 bridgehead atoms. The van der Waals surface area contributed by atoms with Crippen LogP contribution in [0.2, 0.25) is 0 Å². The second kappa shape index (κ2) is 19.5. The molecule has 0 unspecified atom stereocenters. The molecule has 0 spiro atoms. The van der Waals surface area contributed by atoms with Gasteiger partial charge >= 0.3 is 0 Å². The molecule has 0 aliphatic heterocycles. The Bertz CT molecular complexity index is 614. The maximum absolute atomic E-state index is 13.7. The average Bonchev–Trinajstić information content (AvgIpc) is 2.71. The molecular formula is C26H45F2N. The molecular weight excluding hydrogens is 364 g/mol. The fraction of sp³-hybridized carbons (Fsp3) is 0.577. The summed E-state index contributed by atoms with van der Waals surface area (Å²) in [6.45, 7) is 22.8. The average molecular weight is 410 g/mol. The van der Waals surface area contributed by atoms with Crippen molar-refractivity contribution in [3.63, 3.8) is 0 Å². The quantitative estimate of drug-likeness (QED) is 0.481. The molecule has 0 aliphatic rings. The van der Waals surface area contributed by atoms with Gasteiger partial charge < -0.3 is 0 Å². The van der Waals surface area contributed by atoms with Gasteiger partial charge in [-0.1, -0.05) is 95.4 Å². The summed E-state index contributed by atoms with van der Waals surface area (Å²) in [5, 5.41) is 0. The molecule has 2 rings (SSSR count). The largest absolute Gasteiger partial charge is 0.256 e. The van der Waals surface area contributed by atoms with Crippen molar-refractivity contribution in [3.05, 3.63) is 53.7 Å². The van der Waals surface area contributed by atoms with E-state index in [0.717, 1.165) is 11.6 Å². The van der Waals surface area contributed by atoms with Crippen LogP contribution in [0.1, 0.15) is 101 Å². The van der Waals surface area contributed by atoms with E-state index in [1.807, 2.05) is 39.8 Å². The lowest BCUT2D eigenvalue weighted by atomic mass is 9.87. The van der Waals surface area contributed by atoms with E-state index < -0.39 is 11.6 Å². The zero-order valence-electron chi connectivity index (χ0n) is 20.8. The number of halogens is 2. The summed E-state index contributed by atoms with van der Waals surface area (Å²) in [7, 11) is 0. The standard InChI is InChI=1S/C15H15F2N.C4H10.C3H8.2C2H6/c1-15(2,3)10-6-7-18-14(8-10)12-5-4-11(16)9-13(12)17;1-3-4-2;1-3-2;2*1-2/h4-9H,1-3H3;3-4H2,1-2H3;3H2,1-2H3;2*1-2H3. The van der Waals surface area contributed by atoms with Crippen LogP contribution in [0.3, 0.4) is 0 Å². The van der Waals surface area contributed by atoms with Gasteiger partial charge in [0.2, 0.25) is 0 Å². The van der Waals surface area contributed by atoms with Crippen molar-refractivity contribution in [1.29, 1.82) is 0 Å². The van der Waals surface area contributed by atoms with Crippen molar-refractivity contribution < 1.29 is 8.78 Å². The lowest BCUT2D eigenvalue weighted by Gasteiger charge is -2.19. The molecule has 1 nitrogen and oxygen atoms in total. The third-order valence-electron chi connectivity index (χ3n) is 3.33. The smallest absolute Gasteiger partial charge is 0.135 e. The number of nitrogens with zero attached hydrogens (tertiary/aromatic N) is 1. The van der Waals surface area contributed by atoms with Crippen molar-refractivity contribution in [3.8, 4) is 11.3 Å². The van der Waals surface area contributed by atoms with Gasteiger partial charge in [-0.2, -0.15) is 0 Å². The minimum absolute atomic E-state index is 0.0335. The fourth-order valence-electron chi connectivity index (χ4n) is 1.74. The third-order valence-corrected chi connectivity index (χ3v) is 3.33. The number of rotatable bonds is 2. The van der Waals surface area contributed by atoms with Gasteiger partial charge in [0.1, 0.15) is 11.6 Å². The molecule has 1 aromatic carbocycles. The van der Waals surface area contributed by atoms with E-state index in [9.17, 15) is 8.78 Å². The molecule has 29 heavy (non-hydrogen) atoms. The minimum atomic E-state index is -0.589. The van der Waals surface area contributed by atoms with Gasteiger partial charge in [-0.25, -0.2) is 8.78 Å². The molecule has 0 fully saturated rings. The predicted molar refractivity (Wildman–Crippen MR) is 128 cm³/mol. The first-order valence-corrected chi connectivity index (χ1v) is 11.1. The van der Waals surface area contributed by atoms with Gasteiger partial charge in [0, 0.05) is 17.8 Å². The second-order valence-electron chi connectivity index (χ2n) is 7.01. The summed E-state index contributed by atoms with van der Waals surface area (Å²) in [4.78, 5) is 4.15. The van der Waals surface area contributed by atoms with E-state index in [4.69, 9.17) is 0 Å². The molecule has 0 atom stereocenters. The van der Waals surface area contributed by atoms with Gasteiger partial charge in [0.25, 0.3) is 0 Å². The van der Waals surface area contributed by atoms with Gasteiger partial charge in [0.05, 0.1) is 5.69 Å². The predicted octanol–water partition coefficient (Wildman–Crippen LogP) is 9.60. The van der Waals surface area contributed by atoms with E-state index in [1.165, 1.54) is 31.4 Å². The third kappa shape index (κ3) is 14.8. The van der Waals surface area contributed by atoms with Gasteiger partial charge in [0.15, 0.2) is 0 Å². The minimum Gasteiger partial charge on any atom is -0.256 e. The number of unbranched alkanes of at least 4 members (excludes halogenated alkanes) is 1. The van der Waals surface area contributed by atoms with E-state index in [2.05, 4.69) is 53.5 Å². The van der Waals surface area contributed by atoms with Crippen molar-refractivity contribution in [2.45, 2.75) is 101 Å². The van der Waals surface area contributed by atoms with Crippen molar-refractivity contribution in [2.24, 2.45) is 0 Å². The number of aromatic nitrogens is 1. The topological polar surface area (TPSA) is 12.9 Å². The molecule has 0 aliphatic carbocycles. The highest BCUT2D eigenvalue weighted by Gasteiger charge is 2.15. The summed E-state index contributed by atoms with van der Waals surface area (Å²) in [6.07, 6.45) is 5.54. The molecule has 0 N–H and O–H groups in total. The molecule has 1 aromatic heterocycles. The van der Waals surface area contributed by atoms with Crippen molar-refractivity contribution >= 4 is 0 Å². The number of pyridine rings is 1. The maximum atomic E-state index is 13.7. The summed E-state index contributed by atoms with van der Waals surface area (Å²) < 4.78 is 26.6. The van der Waals surface area contributed by atoms with Crippen LogP contribution in [-0.4, -0.2) is 4.98 Å². The van der Waals surface area contributed by atoms with Crippen LogP contribution in [0.25, 0.3) is 11.3 Å². The van der Waals surface area contributed by atoms with Gasteiger partial charge in [-0.3, -0.25) is 4.98 Å². The molecule has 0 saturated carbocycles. The Morgan fingerprint density at radius 1 is 0.793 bits per heavy atom. The van der Waals surface area contributed by atoms with Crippen LogP contribution in [0.5, 0.6) is 0 Å². The van der Waals surface area contributed by atoms with Gasteiger partial charge in [-0.05, 0) is 35.2 Å². The first-order valence-electron chi connectivity index (χ1n) is 11.1.